The normalized spacial score (nSPS) is 15.2. The number of likely N-dealkylation sites (tertiary alicyclic amines) is 1. The Labute approximate surface area is 231 Å². The van der Waals surface area contributed by atoms with Gasteiger partial charge in [-0.15, -0.1) is 0 Å². The Morgan fingerprint density at radius 3 is 2.33 bits per heavy atom. The van der Waals surface area contributed by atoms with E-state index in [1.54, 1.807) is 4.68 Å². The van der Waals surface area contributed by atoms with Crippen LogP contribution < -0.4 is 0 Å². The predicted octanol–water partition coefficient (Wildman–Crippen LogP) is 6.65. The number of ketones is 1. The van der Waals surface area contributed by atoms with E-state index in [4.69, 9.17) is 0 Å². The molecule has 4 aromatic rings. The summed E-state index contributed by atoms with van der Waals surface area (Å²) in [6, 6.07) is 22.4. The second-order valence-corrected chi connectivity index (χ2v) is 11.3. The van der Waals surface area contributed by atoms with Crippen molar-refractivity contribution in [2.24, 2.45) is 13.0 Å². The van der Waals surface area contributed by atoms with Crippen LogP contribution in [0.2, 0.25) is 0 Å². The molecule has 0 aliphatic carbocycles. The molecule has 1 fully saturated rings. The summed E-state index contributed by atoms with van der Waals surface area (Å²) in [4.78, 5) is 28.4. The van der Waals surface area contributed by atoms with Gasteiger partial charge in [0.1, 0.15) is 0 Å². The van der Waals surface area contributed by atoms with Gasteiger partial charge in [-0.25, -0.2) is 0 Å². The minimum absolute atomic E-state index is 0.0382. The van der Waals surface area contributed by atoms with Crippen molar-refractivity contribution in [1.82, 2.24) is 14.7 Å². The molecule has 3 aromatic carbocycles. The van der Waals surface area contributed by atoms with E-state index in [2.05, 4.69) is 55.3 Å². The highest BCUT2D eigenvalue weighted by atomic mass is 16.2. The van der Waals surface area contributed by atoms with Crippen molar-refractivity contribution in [1.29, 1.82) is 0 Å². The van der Waals surface area contributed by atoms with Crippen molar-refractivity contribution in [3.63, 3.8) is 0 Å². The van der Waals surface area contributed by atoms with Crippen molar-refractivity contribution in [3.8, 4) is 11.1 Å². The summed E-state index contributed by atoms with van der Waals surface area (Å²) in [6.07, 6.45) is 6.13. The van der Waals surface area contributed by atoms with Gasteiger partial charge >= 0.3 is 0 Å². The van der Waals surface area contributed by atoms with Gasteiger partial charge in [-0.05, 0) is 65.6 Å². The maximum atomic E-state index is 13.4. The van der Waals surface area contributed by atoms with E-state index >= 15 is 0 Å². The molecule has 1 aliphatic heterocycles. The molecule has 2 heterocycles. The van der Waals surface area contributed by atoms with Crippen LogP contribution in [-0.2, 0) is 19.9 Å². The average Bonchev–Trinajstić information content (AvgIpc) is 3.59. The average molecular weight is 520 g/mol. The molecular weight excluding hydrogens is 482 g/mol. The first-order chi connectivity index (χ1) is 18.8. The second kappa shape index (κ2) is 11.4. The third-order valence-electron chi connectivity index (χ3n) is 7.76. The quantitative estimate of drug-likeness (QED) is 0.245. The van der Waals surface area contributed by atoms with Crippen LogP contribution in [0.4, 0.5) is 0 Å². The number of nitrogens with zero attached hydrogens (tertiary/aromatic N) is 3. The predicted molar refractivity (Wildman–Crippen MR) is 156 cm³/mol. The SMILES string of the molecule is Cc1ccc(C(=O)N2CCC(c3ccc(-c4cnn(C)c4)cc3)C2)cc1CC(=O)c1ccc(CC(C)C)cc1. The lowest BCUT2D eigenvalue weighted by molar-refractivity contribution is 0.0790. The Hall–Kier alpha value is -3.99. The molecule has 1 saturated heterocycles. The zero-order chi connectivity index (χ0) is 27.5. The number of rotatable bonds is 8. The van der Waals surface area contributed by atoms with Gasteiger partial charge < -0.3 is 4.90 Å². The number of Topliss-reactive ketones (excluding diaryl/α,β-unsaturated/α-hetero) is 1. The molecule has 39 heavy (non-hydrogen) atoms. The molecule has 0 spiro atoms. The van der Waals surface area contributed by atoms with Crippen LogP contribution in [0.1, 0.15) is 69.2 Å². The van der Waals surface area contributed by atoms with Crippen LogP contribution in [0.25, 0.3) is 11.1 Å². The summed E-state index contributed by atoms with van der Waals surface area (Å²) in [5.41, 5.74) is 8.07. The lowest BCUT2D eigenvalue weighted by atomic mass is 9.95. The molecule has 1 atom stereocenters. The van der Waals surface area contributed by atoms with Crippen molar-refractivity contribution in [2.75, 3.05) is 13.1 Å². The molecule has 0 radical (unpaired) electrons. The largest absolute Gasteiger partial charge is 0.338 e. The van der Waals surface area contributed by atoms with E-state index in [9.17, 15) is 9.59 Å². The lowest BCUT2D eigenvalue weighted by Gasteiger charge is -2.18. The standard InChI is InChI=1S/C34H37N3O2/c1-23(2)17-25-6-9-28(10-7-25)33(38)19-31-18-29(8-5-24(31)3)34(39)37-16-15-30(22-37)26-11-13-27(14-12-26)32-20-35-36(4)21-32/h5-14,18,20-21,23,30H,15-17,19,22H2,1-4H3. The Morgan fingerprint density at radius 2 is 1.67 bits per heavy atom. The summed E-state index contributed by atoms with van der Waals surface area (Å²) in [6.45, 7) is 7.83. The molecule has 0 saturated carbocycles. The van der Waals surface area contributed by atoms with Gasteiger partial charge in [0.05, 0.1) is 6.20 Å². The molecule has 5 heteroatoms. The summed E-state index contributed by atoms with van der Waals surface area (Å²) >= 11 is 0. The van der Waals surface area contributed by atoms with Crippen LogP contribution in [-0.4, -0.2) is 39.5 Å². The highest BCUT2D eigenvalue weighted by molar-refractivity contribution is 5.99. The van der Waals surface area contributed by atoms with Crippen LogP contribution in [0.5, 0.6) is 0 Å². The first-order valence-electron chi connectivity index (χ1n) is 13.9. The van der Waals surface area contributed by atoms with Crippen molar-refractivity contribution < 1.29 is 9.59 Å². The van der Waals surface area contributed by atoms with Gasteiger partial charge in [-0.3, -0.25) is 14.3 Å². The maximum Gasteiger partial charge on any atom is 0.253 e. The van der Waals surface area contributed by atoms with Crippen molar-refractivity contribution in [2.45, 2.75) is 46.0 Å². The zero-order valence-corrected chi connectivity index (χ0v) is 23.4. The van der Waals surface area contributed by atoms with Gasteiger partial charge in [0.2, 0.25) is 0 Å². The highest BCUT2D eigenvalue weighted by Gasteiger charge is 2.28. The van der Waals surface area contributed by atoms with Crippen LogP contribution in [0, 0.1) is 12.8 Å². The molecule has 1 amide bonds. The van der Waals surface area contributed by atoms with Crippen LogP contribution >= 0.6 is 0 Å². The van der Waals surface area contributed by atoms with E-state index in [-0.39, 0.29) is 11.7 Å². The molecule has 5 rings (SSSR count). The fourth-order valence-corrected chi connectivity index (χ4v) is 5.49. The smallest absolute Gasteiger partial charge is 0.253 e. The summed E-state index contributed by atoms with van der Waals surface area (Å²) in [7, 11) is 1.92. The van der Waals surface area contributed by atoms with Gasteiger partial charge in [-0.2, -0.15) is 5.10 Å². The summed E-state index contributed by atoms with van der Waals surface area (Å²) in [5, 5.41) is 4.26. The van der Waals surface area contributed by atoms with Gasteiger partial charge in [-0.1, -0.05) is 68.4 Å². The number of amides is 1. The third kappa shape index (κ3) is 6.19. The number of carbonyl (C=O) groups is 2. The maximum absolute atomic E-state index is 13.4. The highest BCUT2D eigenvalue weighted by Crippen LogP contribution is 2.30. The van der Waals surface area contributed by atoms with E-state index in [0.717, 1.165) is 47.2 Å². The monoisotopic (exact) mass is 519 g/mol. The first kappa shape index (κ1) is 26.6. The molecule has 1 aliphatic rings. The molecule has 1 aromatic heterocycles. The third-order valence-corrected chi connectivity index (χ3v) is 7.76. The zero-order valence-electron chi connectivity index (χ0n) is 23.4. The van der Waals surface area contributed by atoms with Gasteiger partial charge in [0.15, 0.2) is 5.78 Å². The lowest BCUT2D eigenvalue weighted by Crippen LogP contribution is -2.28. The number of aromatic nitrogens is 2. The number of aryl methyl sites for hydroxylation is 2. The molecule has 5 nitrogen and oxygen atoms in total. The minimum atomic E-state index is 0.0382. The fraction of sp³-hybridized carbons (Fsp3) is 0.324. The number of carbonyl (C=O) groups excluding carboxylic acids is 2. The molecular formula is C34H37N3O2. The van der Waals surface area contributed by atoms with E-state index in [1.165, 1.54) is 11.1 Å². The van der Waals surface area contributed by atoms with E-state index in [1.807, 2.05) is 61.6 Å². The molecule has 1 unspecified atom stereocenters. The number of benzene rings is 3. The summed E-state index contributed by atoms with van der Waals surface area (Å²) in [5.74, 6) is 1.02. The molecule has 0 N–H and O–H groups in total. The van der Waals surface area contributed by atoms with E-state index < -0.39 is 0 Å². The van der Waals surface area contributed by atoms with Crippen LogP contribution in [0.3, 0.4) is 0 Å². The number of hydrogen-bond acceptors (Lipinski definition) is 3. The van der Waals surface area contributed by atoms with E-state index in [0.29, 0.717) is 30.4 Å². The second-order valence-electron chi connectivity index (χ2n) is 11.3. The van der Waals surface area contributed by atoms with Crippen molar-refractivity contribution in [3.05, 3.63) is 113 Å². The van der Waals surface area contributed by atoms with Crippen LogP contribution in [0.15, 0.2) is 79.1 Å². The fourth-order valence-electron chi connectivity index (χ4n) is 5.49. The first-order valence-corrected chi connectivity index (χ1v) is 13.9. The van der Waals surface area contributed by atoms with Gasteiger partial charge in [0.25, 0.3) is 5.91 Å². The Kier molecular flexibility index (Phi) is 7.78. The Balaban J connectivity index is 1.23. The Bertz CT molecular complexity index is 1470. The minimum Gasteiger partial charge on any atom is -0.338 e. The van der Waals surface area contributed by atoms with Crippen molar-refractivity contribution >= 4 is 11.7 Å². The Morgan fingerprint density at radius 1 is 0.949 bits per heavy atom. The van der Waals surface area contributed by atoms with Gasteiger partial charge in [0, 0.05) is 55.4 Å². The number of hydrogen-bond donors (Lipinski definition) is 0. The topological polar surface area (TPSA) is 55.2 Å². The molecule has 0 bridgehead atoms. The molecule has 200 valence electrons. The summed E-state index contributed by atoms with van der Waals surface area (Å²) < 4.78 is 1.81.